The highest BCUT2D eigenvalue weighted by Crippen LogP contribution is 2.31. The molecule has 3 rings (SSSR count). The lowest BCUT2D eigenvalue weighted by Crippen LogP contribution is -1.88. The number of thiazole rings is 1. The summed E-state index contributed by atoms with van der Waals surface area (Å²) in [7, 11) is 0. The van der Waals surface area contributed by atoms with Crippen LogP contribution >= 0.6 is 22.7 Å². The van der Waals surface area contributed by atoms with Crippen LogP contribution in [0.1, 0.15) is 22.3 Å². The van der Waals surface area contributed by atoms with Crippen molar-refractivity contribution in [2.75, 3.05) is 0 Å². The summed E-state index contributed by atoms with van der Waals surface area (Å²) < 4.78 is 1.85. The van der Waals surface area contributed by atoms with Gasteiger partial charge in [0.1, 0.15) is 11.4 Å². The van der Waals surface area contributed by atoms with Crippen LogP contribution in [0.5, 0.6) is 0 Å². The van der Waals surface area contributed by atoms with E-state index in [-0.39, 0.29) is 0 Å². The maximum absolute atomic E-state index is 11.2. The molecular formula is C12H10N2OS2. The first-order chi connectivity index (χ1) is 8.33. The van der Waals surface area contributed by atoms with Gasteiger partial charge in [0.15, 0.2) is 11.2 Å². The molecule has 3 aromatic heterocycles. The molecule has 86 valence electrons. The van der Waals surface area contributed by atoms with Gasteiger partial charge < -0.3 is 0 Å². The summed E-state index contributed by atoms with van der Waals surface area (Å²) in [5, 5.41) is 1.94. The van der Waals surface area contributed by atoms with E-state index in [1.807, 2.05) is 22.0 Å². The predicted octanol–water partition coefficient (Wildman–Crippen LogP) is 3.50. The third-order valence-corrected chi connectivity index (χ3v) is 4.65. The van der Waals surface area contributed by atoms with Gasteiger partial charge in [-0.2, -0.15) is 0 Å². The number of imidazole rings is 1. The fraction of sp³-hybridized carbons (Fsp3) is 0.167. The molecule has 0 N–H and O–H groups in total. The van der Waals surface area contributed by atoms with Crippen molar-refractivity contribution in [3.8, 4) is 10.6 Å². The molecule has 0 spiro atoms. The zero-order valence-corrected chi connectivity index (χ0v) is 10.8. The van der Waals surface area contributed by atoms with Crippen LogP contribution in [0.25, 0.3) is 15.5 Å². The molecule has 5 heteroatoms. The zero-order valence-electron chi connectivity index (χ0n) is 9.21. The van der Waals surface area contributed by atoms with E-state index in [1.54, 1.807) is 22.7 Å². The summed E-state index contributed by atoms with van der Waals surface area (Å²) in [5.41, 5.74) is 1.45. The van der Waals surface area contributed by atoms with E-state index in [4.69, 9.17) is 0 Å². The van der Waals surface area contributed by atoms with Crippen LogP contribution in [0.15, 0.2) is 23.7 Å². The summed E-state index contributed by atoms with van der Waals surface area (Å²) in [6, 6.07) is 4.14. The van der Waals surface area contributed by atoms with E-state index in [2.05, 4.69) is 18.0 Å². The largest absolute Gasteiger partial charge is 0.296 e. The average Bonchev–Trinajstić information content (AvgIpc) is 3.02. The highest BCUT2D eigenvalue weighted by molar-refractivity contribution is 7.16. The Morgan fingerprint density at radius 1 is 1.47 bits per heavy atom. The van der Waals surface area contributed by atoms with Gasteiger partial charge >= 0.3 is 0 Å². The Kier molecular flexibility index (Phi) is 2.57. The van der Waals surface area contributed by atoms with Crippen molar-refractivity contribution in [3.63, 3.8) is 0 Å². The van der Waals surface area contributed by atoms with Gasteiger partial charge in [-0.15, -0.1) is 22.7 Å². The minimum absolute atomic E-state index is 0.644. The van der Waals surface area contributed by atoms with Crippen molar-refractivity contribution < 1.29 is 4.79 Å². The first kappa shape index (κ1) is 10.7. The molecule has 0 aliphatic rings. The fourth-order valence-corrected chi connectivity index (χ4v) is 3.46. The highest BCUT2D eigenvalue weighted by Gasteiger charge is 2.15. The molecule has 3 heterocycles. The van der Waals surface area contributed by atoms with E-state index in [9.17, 15) is 4.79 Å². The second-order valence-corrected chi connectivity index (χ2v) is 5.68. The SMILES string of the molecule is CCc1ccc(-c2nc3sccn3c2C=O)s1. The Bertz CT molecular complexity index is 678. The molecule has 0 fully saturated rings. The Morgan fingerprint density at radius 2 is 2.35 bits per heavy atom. The Hall–Kier alpha value is -1.46. The van der Waals surface area contributed by atoms with Crippen molar-refractivity contribution in [2.24, 2.45) is 0 Å². The van der Waals surface area contributed by atoms with Gasteiger partial charge in [0.05, 0.1) is 4.88 Å². The number of thiophene rings is 1. The molecule has 0 atom stereocenters. The summed E-state index contributed by atoms with van der Waals surface area (Å²) in [6.07, 6.45) is 3.78. The molecule has 0 unspecified atom stereocenters. The smallest absolute Gasteiger partial charge is 0.194 e. The van der Waals surface area contributed by atoms with Gasteiger partial charge in [-0.1, -0.05) is 6.92 Å². The maximum atomic E-state index is 11.2. The van der Waals surface area contributed by atoms with Crippen LogP contribution in [-0.2, 0) is 6.42 Å². The van der Waals surface area contributed by atoms with Crippen LogP contribution in [0.4, 0.5) is 0 Å². The standard InChI is InChI=1S/C12H10N2OS2/c1-2-8-3-4-10(17-8)11-9(7-15)14-5-6-16-12(14)13-11/h3-7H,2H2,1H3. The molecule has 0 aliphatic carbocycles. The summed E-state index contributed by atoms with van der Waals surface area (Å²) in [6.45, 7) is 2.13. The van der Waals surface area contributed by atoms with Crippen molar-refractivity contribution in [1.82, 2.24) is 9.38 Å². The Labute approximate surface area is 106 Å². The number of carbonyl (C=O) groups is 1. The van der Waals surface area contributed by atoms with Crippen molar-refractivity contribution in [1.29, 1.82) is 0 Å². The van der Waals surface area contributed by atoms with Gasteiger partial charge in [-0.25, -0.2) is 4.98 Å². The monoisotopic (exact) mass is 262 g/mol. The molecule has 3 aromatic rings. The van der Waals surface area contributed by atoms with Gasteiger partial charge in [0, 0.05) is 16.5 Å². The van der Waals surface area contributed by atoms with Crippen molar-refractivity contribution in [3.05, 3.63) is 34.3 Å². The number of aldehydes is 1. The summed E-state index contributed by atoms with van der Waals surface area (Å²) >= 11 is 3.25. The molecule has 0 radical (unpaired) electrons. The van der Waals surface area contributed by atoms with Crippen molar-refractivity contribution >= 4 is 33.9 Å². The van der Waals surface area contributed by atoms with Gasteiger partial charge in [0.25, 0.3) is 0 Å². The third kappa shape index (κ3) is 1.62. The van der Waals surface area contributed by atoms with E-state index < -0.39 is 0 Å². The quantitative estimate of drug-likeness (QED) is 0.677. The number of aryl methyl sites for hydroxylation is 1. The van der Waals surface area contributed by atoms with E-state index in [1.165, 1.54) is 4.88 Å². The topological polar surface area (TPSA) is 34.4 Å². The lowest BCUT2D eigenvalue weighted by molar-refractivity contribution is 0.111. The summed E-state index contributed by atoms with van der Waals surface area (Å²) in [5.74, 6) is 0. The normalized spacial score (nSPS) is 11.1. The number of hydrogen-bond donors (Lipinski definition) is 0. The van der Waals surface area contributed by atoms with E-state index >= 15 is 0 Å². The molecule has 0 bridgehead atoms. The van der Waals surface area contributed by atoms with Gasteiger partial charge in [-0.05, 0) is 18.6 Å². The van der Waals surface area contributed by atoms with Crippen molar-refractivity contribution in [2.45, 2.75) is 13.3 Å². The lowest BCUT2D eigenvalue weighted by atomic mass is 10.3. The number of carbonyl (C=O) groups excluding carboxylic acids is 1. The second kappa shape index (κ2) is 4.09. The zero-order chi connectivity index (χ0) is 11.8. The van der Waals surface area contributed by atoms with E-state index in [0.29, 0.717) is 5.69 Å². The van der Waals surface area contributed by atoms with Crippen LogP contribution in [0, 0.1) is 0 Å². The summed E-state index contributed by atoms with van der Waals surface area (Å²) in [4.78, 5) is 19.0. The van der Waals surface area contributed by atoms with Crippen LogP contribution in [0.3, 0.4) is 0 Å². The Balaban J connectivity index is 2.21. The average molecular weight is 262 g/mol. The molecule has 17 heavy (non-hydrogen) atoms. The minimum Gasteiger partial charge on any atom is -0.296 e. The molecule has 0 saturated heterocycles. The fourth-order valence-electron chi connectivity index (χ4n) is 1.79. The van der Waals surface area contributed by atoms with E-state index in [0.717, 1.165) is 28.2 Å². The van der Waals surface area contributed by atoms with Crippen LogP contribution < -0.4 is 0 Å². The molecule has 0 aromatic carbocycles. The Morgan fingerprint density at radius 3 is 3.06 bits per heavy atom. The highest BCUT2D eigenvalue weighted by atomic mass is 32.1. The van der Waals surface area contributed by atoms with Gasteiger partial charge in [0.2, 0.25) is 0 Å². The predicted molar refractivity (Wildman–Crippen MR) is 71.1 cm³/mol. The van der Waals surface area contributed by atoms with Crippen LogP contribution in [-0.4, -0.2) is 15.7 Å². The number of fused-ring (bicyclic) bond motifs is 1. The van der Waals surface area contributed by atoms with Crippen LogP contribution in [0.2, 0.25) is 0 Å². The molecule has 0 aliphatic heterocycles. The molecule has 0 saturated carbocycles. The number of hydrogen-bond acceptors (Lipinski definition) is 4. The first-order valence-electron chi connectivity index (χ1n) is 5.33. The molecular weight excluding hydrogens is 252 g/mol. The molecule has 0 amide bonds. The lowest BCUT2D eigenvalue weighted by Gasteiger charge is -1.92. The third-order valence-electron chi connectivity index (χ3n) is 2.65. The van der Waals surface area contributed by atoms with Gasteiger partial charge in [-0.3, -0.25) is 9.20 Å². The number of rotatable bonds is 3. The maximum Gasteiger partial charge on any atom is 0.194 e. The molecule has 3 nitrogen and oxygen atoms in total. The second-order valence-electron chi connectivity index (χ2n) is 3.64. The first-order valence-corrected chi connectivity index (χ1v) is 7.03. The number of nitrogens with zero attached hydrogens (tertiary/aromatic N) is 2. The minimum atomic E-state index is 0.644. The number of aromatic nitrogens is 2.